The molecule has 0 radical (unpaired) electrons. The SMILES string of the molecule is CCOc1cc2c(cc1OCC)CN(C(=O)CNC(=O)c1ccc(Cl)c(Cl)c1)CC2. The normalized spacial score (nSPS) is 12.9. The summed E-state index contributed by atoms with van der Waals surface area (Å²) in [6, 6.07) is 8.53. The fraction of sp³-hybridized carbons (Fsp3) is 0.364. The van der Waals surface area contributed by atoms with Crippen molar-refractivity contribution in [1.82, 2.24) is 10.2 Å². The van der Waals surface area contributed by atoms with E-state index in [-0.39, 0.29) is 18.4 Å². The maximum Gasteiger partial charge on any atom is 0.251 e. The first-order chi connectivity index (χ1) is 14.4. The lowest BCUT2D eigenvalue weighted by Gasteiger charge is -2.30. The van der Waals surface area contributed by atoms with Crippen molar-refractivity contribution in [3.63, 3.8) is 0 Å². The van der Waals surface area contributed by atoms with Gasteiger partial charge in [-0.1, -0.05) is 23.2 Å². The maximum absolute atomic E-state index is 12.7. The topological polar surface area (TPSA) is 67.9 Å². The maximum atomic E-state index is 12.7. The summed E-state index contributed by atoms with van der Waals surface area (Å²) in [4.78, 5) is 26.7. The predicted octanol–water partition coefficient (Wildman–Crippen LogP) is 4.11. The van der Waals surface area contributed by atoms with Crippen LogP contribution in [0.15, 0.2) is 30.3 Å². The van der Waals surface area contributed by atoms with Crippen LogP contribution < -0.4 is 14.8 Å². The number of nitrogens with one attached hydrogen (secondary N) is 1. The molecular weight excluding hydrogens is 427 g/mol. The Kier molecular flexibility index (Phi) is 7.45. The molecule has 160 valence electrons. The number of benzene rings is 2. The van der Waals surface area contributed by atoms with Crippen LogP contribution in [0.4, 0.5) is 0 Å². The molecule has 30 heavy (non-hydrogen) atoms. The number of nitrogens with zero attached hydrogens (tertiary/aromatic N) is 1. The van der Waals surface area contributed by atoms with Crippen molar-refractivity contribution >= 4 is 35.0 Å². The third kappa shape index (κ3) is 5.18. The van der Waals surface area contributed by atoms with E-state index in [2.05, 4.69) is 5.32 Å². The van der Waals surface area contributed by atoms with Crippen LogP contribution in [-0.4, -0.2) is 43.0 Å². The van der Waals surface area contributed by atoms with Crippen molar-refractivity contribution in [2.45, 2.75) is 26.8 Å². The van der Waals surface area contributed by atoms with Crippen LogP contribution in [0.25, 0.3) is 0 Å². The van der Waals surface area contributed by atoms with Crippen molar-refractivity contribution in [2.24, 2.45) is 0 Å². The highest BCUT2D eigenvalue weighted by Crippen LogP contribution is 2.34. The van der Waals surface area contributed by atoms with E-state index in [1.807, 2.05) is 26.0 Å². The van der Waals surface area contributed by atoms with Gasteiger partial charge in [-0.3, -0.25) is 9.59 Å². The minimum atomic E-state index is -0.376. The third-order valence-electron chi connectivity index (χ3n) is 4.81. The molecule has 0 saturated heterocycles. The molecule has 0 atom stereocenters. The first-order valence-electron chi connectivity index (χ1n) is 9.85. The molecule has 1 aliphatic rings. The van der Waals surface area contributed by atoms with Gasteiger partial charge in [-0.2, -0.15) is 0 Å². The van der Waals surface area contributed by atoms with Crippen LogP contribution in [0, 0.1) is 0 Å². The number of carbonyl (C=O) groups is 2. The van der Waals surface area contributed by atoms with Gasteiger partial charge in [0.05, 0.1) is 29.8 Å². The minimum absolute atomic E-state index is 0.0935. The van der Waals surface area contributed by atoms with Crippen molar-refractivity contribution in [3.05, 3.63) is 57.1 Å². The molecule has 2 aromatic carbocycles. The summed E-state index contributed by atoms with van der Waals surface area (Å²) in [6.07, 6.45) is 0.717. The van der Waals surface area contributed by atoms with Gasteiger partial charge in [0.15, 0.2) is 11.5 Å². The average molecular weight is 451 g/mol. The zero-order valence-electron chi connectivity index (χ0n) is 17.0. The largest absolute Gasteiger partial charge is 0.490 e. The van der Waals surface area contributed by atoms with Gasteiger partial charge in [-0.05, 0) is 61.7 Å². The van der Waals surface area contributed by atoms with E-state index in [1.54, 1.807) is 17.0 Å². The standard InChI is InChI=1S/C22H24Cl2N2O4/c1-3-29-19-10-14-7-8-26(13-16(14)11-20(19)30-4-2)21(27)12-25-22(28)15-5-6-17(23)18(24)9-15/h5-6,9-11H,3-4,7-8,12-13H2,1-2H3,(H,25,28). The number of ether oxygens (including phenoxy) is 2. The van der Waals surface area contributed by atoms with Crippen LogP contribution in [0.5, 0.6) is 11.5 Å². The van der Waals surface area contributed by atoms with Gasteiger partial charge in [0.2, 0.25) is 5.91 Å². The van der Waals surface area contributed by atoms with E-state index < -0.39 is 0 Å². The summed E-state index contributed by atoms with van der Waals surface area (Å²) >= 11 is 11.8. The van der Waals surface area contributed by atoms with E-state index in [0.29, 0.717) is 54.1 Å². The van der Waals surface area contributed by atoms with Crippen LogP contribution in [0.3, 0.4) is 0 Å². The second kappa shape index (κ2) is 10.0. The summed E-state index contributed by atoms with van der Waals surface area (Å²) in [7, 11) is 0. The molecule has 0 saturated carbocycles. The molecule has 2 amide bonds. The second-order valence-corrected chi connectivity index (χ2v) is 7.62. The number of amides is 2. The molecule has 0 aliphatic carbocycles. The Labute approximate surface area is 186 Å². The number of hydrogen-bond acceptors (Lipinski definition) is 4. The van der Waals surface area contributed by atoms with Gasteiger partial charge in [0.1, 0.15) is 0 Å². The summed E-state index contributed by atoms with van der Waals surface area (Å²) < 4.78 is 11.4. The lowest BCUT2D eigenvalue weighted by molar-refractivity contribution is -0.131. The number of fused-ring (bicyclic) bond motifs is 1. The summed E-state index contributed by atoms with van der Waals surface area (Å²) in [6.45, 7) is 5.88. The smallest absolute Gasteiger partial charge is 0.251 e. The summed E-state index contributed by atoms with van der Waals surface area (Å²) in [5, 5.41) is 3.31. The molecule has 3 rings (SSSR count). The molecule has 0 bridgehead atoms. The molecule has 0 spiro atoms. The van der Waals surface area contributed by atoms with Crippen LogP contribution in [-0.2, 0) is 17.8 Å². The van der Waals surface area contributed by atoms with Crippen molar-refractivity contribution < 1.29 is 19.1 Å². The average Bonchev–Trinajstić information content (AvgIpc) is 2.74. The predicted molar refractivity (Wildman–Crippen MR) is 117 cm³/mol. The molecule has 2 aromatic rings. The zero-order chi connectivity index (χ0) is 21.7. The van der Waals surface area contributed by atoms with Crippen LogP contribution in [0.1, 0.15) is 35.3 Å². The number of rotatable bonds is 7. The first-order valence-corrected chi connectivity index (χ1v) is 10.6. The quantitative estimate of drug-likeness (QED) is 0.688. The molecular formula is C22H24Cl2N2O4. The molecule has 1 N–H and O–H groups in total. The van der Waals surface area contributed by atoms with Gasteiger partial charge in [0, 0.05) is 18.7 Å². The van der Waals surface area contributed by atoms with Crippen molar-refractivity contribution in [2.75, 3.05) is 26.3 Å². The number of hydrogen-bond donors (Lipinski definition) is 1. The first kappa shape index (κ1) is 22.2. The number of halogens is 2. The Balaban J connectivity index is 1.64. The van der Waals surface area contributed by atoms with E-state index >= 15 is 0 Å². The minimum Gasteiger partial charge on any atom is -0.490 e. The highest BCUT2D eigenvalue weighted by atomic mass is 35.5. The fourth-order valence-corrected chi connectivity index (χ4v) is 3.62. The fourth-order valence-electron chi connectivity index (χ4n) is 3.32. The molecule has 0 aromatic heterocycles. The Hall–Kier alpha value is -2.44. The van der Waals surface area contributed by atoms with Crippen molar-refractivity contribution in [1.29, 1.82) is 0 Å². The molecule has 1 aliphatic heterocycles. The molecule has 8 heteroatoms. The van der Waals surface area contributed by atoms with E-state index in [1.165, 1.54) is 6.07 Å². The van der Waals surface area contributed by atoms with Gasteiger partial charge in [-0.25, -0.2) is 0 Å². The molecule has 0 fully saturated rings. The highest BCUT2D eigenvalue weighted by molar-refractivity contribution is 6.42. The third-order valence-corrected chi connectivity index (χ3v) is 5.55. The number of carbonyl (C=O) groups excluding carboxylic acids is 2. The second-order valence-electron chi connectivity index (χ2n) is 6.81. The Morgan fingerprint density at radius 1 is 1.00 bits per heavy atom. The Bertz CT molecular complexity index is 949. The summed E-state index contributed by atoms with van der Waals surface area (Å²) in [5.41, 5.74) is 2.52. The van der Waals surface area contributed by atoms with Crippen molar-refractivity contribution in [3.8, 4) is 11.5 Å². The van der Waals surface area contributed by atoms with Gasteiger partial charge in [0.25, 0.3) is 5.91 Å². The van der Waals surface area contributed by atoms with Gasteiger partial charge in [-0.15, -0.1) is 0 Å². The van der Waals surface area contributed by atoms with E-state index in [4.69, 9.17) is 32.7 Å². The van der Waals surface area contributed by atoms with Gasteiger partial charge >= 0.3 is 0 Å². The molecule has 6 nitrogen and oxygen atoms in total. The van der Waals surface area contributed by atoms with E-state index in [0.717, 1.165) is 16.9 Å². The lowest BCUT2D eigenvalue weighted by Crippen LogP contribution is -2.42. The molecule has 1 heterocycles. The highest BCUT2D eigenvalue weighted by Gasteiger charge is 2.23. The Morgan fingerprint density at radius 2 is 1.67 bits per heavy atom. The zero-order valence-corrected chi connectivity index (χ0v) is 18.5. The Morgan fingerprint density at radius 3 is 2.30 bits per heavy atom. The van der Waals surface area contributed by atoms with Crippen LogP contribution in [0.2, 0.25) is 10.0 Å². The van der Waals surface area contributed by atoms with Crippen LogP contribution >= 0.6 is 23.2 Å². The van der Waals surface area contributed by atoms with Gasteiger partial charge < -0.3 is 19.7 Å². The molecule has 0 unspecified atom stereocenters. The lowest BCUT2D eigenvalue weighted by atomic mass is 9.98. The summed E-state index contributed by atoms with van der Waals surface area (Å²) in [5.74, 6) is 0.882. The van der Waals surface area contributed by atoms with E-state index in [9.17, 15) is 9.59 Å². The monoisotopic (exact) mass is 450 g/mol.